The molecule has 20 heavy (non-hydrogen) atoms. The van der Waals surface area contributed by atoms with Crippen molar-refractivity contribution in [1.82, 2.24) is 0 Å². The van der Waals surface area contributed by atoms with E-state index in [1.807, 2.05) is 24.3 Å². The SMILES string of the molecule is CC(C)Nc1ccc(OCc2cccc(F)c2)c(Cl)c1. The van der Waals surface area contributed by atoms with Crippen LogP contribution in [-0.2, 0) is 6.61 Å². The molecule has 2 aromatic rings. The Hall–Kier alpha value is -1.74. The minimum atomic E-state index is -0.270. The number of nitrogens with one attached hydrogen (secondary N) is 1. The van der Waals surface area contributed by atoms with Crippen molar-refractivity contribution in [3.63, 3.8) is 0 Å². The minimum absolute atomic E-state index is 0.270. The zero-order chi connectivity index (χ0) is 14.5. The van der Waals surface area contributed by atoms with Crippen LogP contribution in [-0.4, -0.2) is 6.04 Å². The summed E-state index contributed by atoms with van der Waals surface area (Å²) in [7, 11) is 0. The van der Waals surface area contributed by atoms with Gasteiger partial charge >= 0.3 is 0 Å². The highest BCUT2D eigenvalue weighted by Gasteiger charge is 2.05. The number of anilines is 1. The summed E-state index contributed by atoms with van der Waals surface area (Å²) in [4.78, 5) is 0. The molecule has 2 nitrogen and oxygen atoms in total. The van der Waals surface area contributed by atoms with Gasteiger partial charge in [0.15, 0.2) is 0 Å². The molecule has 0 bridgehead atoms. The van der Waals surface area contributed by atoms with E-state index in [1.54, 1.807) is 6.07 Å². The number of hydrogen-bond acceptors (Lipinski definition) is 2. The standard InChI is InChI=1S/C16H17ClFNO/c1-11(2)19-14-6-7-16(15(17)9-14)20-10-12-4-3-5-13(18)8-12/h3-9,11,19H,10H2,1-2H3. The van der Waals surface area contributed by atoms with Gasteiger partial charge in [-0.25, -0.2) is 4.39 Å². The summed E-state index contributed by atoms with van der Waals surface area (Å²) in [6, 6.07) is 12.2. The van der Waals surface area contributed by atoms with E-state index in [9.17, 15) is 4.39 Å². The predicted octanol–water partition coefficient (Wildman–Crippen LogP) is 4.88. The van der Waals surface area contributed by atoms with Crippen LogP contribution in [0.3, 0.4) is 0 Å². The lowest BCUT2D eigenvalue weighted by Gasteiger charge is -2.13. The van der Waals surface area contributed by atoms with Gasteiger partial charge < -0.3 is 10.1 Å². The summed E-state index contributed by atoms with van der Waals surface area (Å²) in [5.74, 6) is 0.318. The highest BCUT2D eigenvalue weighted by atomic mass is 35.5. The summed E-state index contributed by atoms with van der Waals surface area (Å²) >= 11 is 6.17. The van der Waals surface area contributed by atoms with E-state index in [0.717, 1.165) is 11.3 Å². The van der Waals surface area contributed by atoms with Gasteiger partial charge in [-0.1, -0.05) is 23.7 Å². The molecular formula is C16H17ClFNO. The number of halogens is 2. The third-order valence-electron chi connectivity index (χ3n) is 2.67. The third-order valence-corrected chi connectivity index (χ3v) is 2.97. The Bertz CT molecular complexity index is 586. The molecule has 0 saturated heterocycles. The van der Waals surface area contributed by atoms with Crippen LogP contribution in [0, 0.1) is 5.82 Å². The van der Waals surface area contributed by atoms with Crippen LogP contribution in [0.4, 0.5) is 10.1 Å². The molecule has 0 radical (unpaired) electrons. The normalized spacial score (nSPS) is 10.7. The van der Waals surface area contributed by atoms with Gasteiger partial charge in [-0.05, 0) is 49.7 Å². The van der Waals surface area contributed by atoms with E-state index in [2.05, 4.69) is 19.2 Å². The fourth-order valence-electron chi connectivity index (χ4n) is 1.83. The molecule has 0 aliphatic heterocycles. The summed E-state index contributed by atoms with van der Waals surface area (Å²) < 4.78 is 18.7. The van der Waals surface area contributed by atoms with E-state index in [4.69, 9.17) is 16.3 Å². The highest BCUT2D eigenvalue weighted by Crippen LogP contribution is 2.28. The first-order valence-corrected chi connectivity index (χ1v) is 6.86. The smallest absolute Gasteiger partial charge is 0.138 e. The predicted molar refractivity (Wildman–Crippen MR) is 80.9 cm³/mol. The Labute approximate surface area is 123 Å². The first kappa shape index (κ1) is 14.7. The Morgan fingerprint density at radius 1 is 1.20 bits per heavy atom. The fourth-order valence-corrected chi connectivity index (χ4v) is 2.06. The maximum absolute atomic E-state index is 13.1. The van der Waals surface area contributed by atoms with Crippen LogP contribution >= 0.6 is 11.6 Å². The quantitative estimate of drug-likeness (QED) is 0.848. The molecule has 2 aromatic carbocycles. The second-order valence-electron chi connectivity index (χ2n) is 4.86. The molecule has 106 valence electrons. The first-order chi connectivity index (χ1) is 9.54. The molecule has 2 rings (SSSR count). The van der Waals surface area contributed by atoms with E-state index in [1.165, 1.54) is 12.1 Å². The third kappa shape index (κ3) is 4.14. The summed E-state index contributed by atoms with van der Waals surface area (Å²) in [6.07, 6.45) is 0. The molecule has 0 aromatic heterocycles. The zero-order valence-corrected chi connectivity index (χ0v) is 12.2. The van der Waals surface area contributed by atoms with Gasteiger partial charge in [0.2, 0.25) is 0 Å². The van der Waals surface area contributed by atoms with E-state index < -0.39 is 0 Å². The molecule has 0 fully saturated rings. The molecule has 1 N–H and O–H groups in total. The average molecular weight is 294 g/mol. The van der Waals surface area contributed by atoms with Crippen molar-refractivity contribution in [1.29, 1.82) is 0 Å². The molecule has 4 heteroatoms. The van der Waals surface area contributed by atoms with Crippen LogP contribution < -0.4 is 10.1 Å². The number of ether oxygens (including phenoxy) is 1. The molecule has 0 atom stereocenters. The van der Waals surface area contributed by atoms with Crippen LogP contribution in [0.1, 0.15) is 19.4 Å². The highest BCUT2D eigenvalue weighted by molar-refractivity contribution is 6.32. The molecule has 0 heterocycles. The summed E-state index contributed by atoms with van der Waals surface area (Å²) in [5, 5.41) is 3.80. The van der Waals surface area contributed by atoms with Crippen molar-refractivity contribution >= 4 is 17.3 Å². The van der Waals surface area contributed by atoms with E-state index in [-0.39, 0.29) is 12.4 Å². The average Bonchev–Trinajstić information content (AvgIpc) is 2.37. The van der Waals surface area contributed by atoms with Crippen molar-refractivity contribution < 1.29 is 9.13 Å². The van der Waals surface area contributed by atoms with Gasteiger partial charge in [0.1, 0.15) is 18.2 Å². The number of rotatable bonds is 5. The van der Waals surface area contributed by atoms with Crippen LogP contribution in [0.25, 0.3) is 0 Å². The maximum Gasteiger partial charge on any atom is 0.138 e. The molecule has 0 unspecified atom stereocenters. The van der Waals surface area contributed by atoms with E-state index >= 15 is 0 Å². The second-order valence-corrected chi connectivity index (χ2v) is 5.27. The Morgan fingerprint density at radius 3 is 2.65 bits per heavy atom. The number of hydrogen-bond donors (Lipinski definition) is 1. The minimum Gasteiger partial charge on any atom is -0.487 e. The van der Waals surface area contributed by atoms with Crippen molar-refractivity contribution in [3.8, 4) is 5.75 Å². The Kier molecular flexibility index (Phi) is 4.85. The molecule has 0 aliphatic carbocycles. The Morgan fingerprint density at radius 2 is 2.00 bits per heavy atom. The zero-order valence-electron chi connectivity index (χ0n) is 11.5. The van der Waals surface area contributed by atoms with E-state index in [0.29, 0.717) is 16.8 Å². The van der Waals surface area contributed by atoms with Gasteiger partial charge in [-0.3, -0.25) is 0 Å². The lowest BCUT2D eigenvalue weighted by atomic mass is 10.2. The molecule has 0 aliphatic rings. The van der Waals surface area contributed by atoms with Gasteiger partial charge in [0, 0.05) is 11.7 Å². The van der Waals surface area contributed by atoms with Crippen molar-refractivity contribution in [2.24, 2.45) is 0 Å². The van der Waals surface area contributed by atoms with Crippen molar-refractivity contribution in [2.45, 2.75) is 26.5 Å². The van der Waals surface area contributed by atoms with Crippen molar-refractivity contribution in [2.75, 3.05) is 5.32 Å². The monoisotopic (exact) mass is 293 g/mol. The Balaban J connectivity index is 2.03. The largest absolute Gasteiger partial charge is 0.487 e. The molecule has 0 saturated carbocycles. The summed E-state index contributed by atoms with van der Waals surface area (Å²) in [5.41, 5.74) is 1.72. The van der Waals surface area contributed by atoms with Gasteiger partial charge in [-0.2, -0.15) is 0 Å². The molecule has 0 spiro atoms. The van der Waals surface area contributed by atoms with Gasteiger partial charge in [0.25, 0.3) is 0 Å². The fraction of sp³-hybridized carbons (Fsp3) is 0.250. The van der Waals surface area contributed by atoms with Crippen LogP contribution in [0.2, 0.25) is 5.02 Å². The molecular weight excluding hydrogens is 277 g/mol. The van der Waals surface area contributed by atoms with Crippen LogP contribution in [0.15, 0.2) is 42.5 Å². The summed E-state index contributed by atoms with van der Waals surface area (Å²) in [6.45, 7) is 4.40. The van der Waals surface area contributed by atoms with Gasteiger partial charge in [-0.15, -0.1) is 0 Å². The molecule has 0 amide bonds. The first-order valence-electron chi connectivity index (χ1n) is 6.48. The maximum atomic E-state index is 13.1. The van der Waals surface area contributed by atoms with Gasteiger partial charge in [0.05, 0.1) is 5.02 Å². The second kappa shape index (κ2) is 6.62. The lowest BCUT2D eigenvalue weighted by molar-refractivity contribution is 0.306. The topological polar surface area (TPSA) is 21.3 Å². The van der Waals surface area contributed by atoms with Crippen molar-refractivity contribution in [3.05, 3.63) is 58.9 Å². The lowest BCUT2D eigenvalue weighted by Crippen LogP contribution is -2.09. The van der Waals surface area contributed by atoms with Crippen LogP contribution in [0.5, 0.6) is 5.75 Å². The number of benzene rings is 2.